The molecule has 0 aliphatic carbocycles. The van der Waals surface area contributed by atoms with E-state index in [0.29, 0.717) is 5.69 Å². The van der Waals surface area contributed by atoms with Crippen molar-refractivity contribution >= 4 is 21.6 Å². The van der Waals surface area contributed by atoms with Crippen LogP contribution in [0.1, 0.15) is 5.69 Å². The zero-order valence-corrected chi connectivity index (χ0v) is 8.22. The lowest BCUT2D eigenvalue weighted by molar-refractivity contribution is 0.596. The monoisotopic (exact) mass is 221 g/mol. The van der Waals surface area contributed by atoms with E-state index in [1.165, 1.54) is 0 Å². The molecule has 0 unspecified atom stereocenters. The van der Waals surface area contributed by atoms with Gasteiger partial charge in [-0.05, 0) is 12.1 Å². The summed E-state index contributed by atoms with van der Waals surface area (Å²) in [5, 5.41) is 12.3. The number of primary sulfonamides is 1. The maximum absolute atomic E-state index is 10.6. The summed E-state index contributed by atoms with van der Waals surface area (Å²) in [5.74, 6) is -0.136. The number of sulfonamides is 1. The molecule has 0 spiro atoms. The fourth-order valence-corrected chi connectivity index (χ4v) is 1.32. The van der Waals surface area contributed by atoms with Crippen molar-refractivity contribution in [2.45, 2.75) is 6.42 Å². The molecule has 2 N–H and O–H groups in total. The molecule has 13 heavy (non-hydrogen) atoms. The van der Waals surface area contributed by atoms with Crippen molar-refractivity contribution in [3.05, 3.63) is 23.0 Å². The largest absolute Gasteiger partial charge is 0.229 e. The Morgan fingerprint density at radius 3 is 2.54 bits per heavy atom. The molecule has 7 heteroatoms. The third kappa shape index (κ3) is 4.16. The zero-order chi connectivity index (χ0) is 9.90. The van der Waals surface area contributed by atoms with Crippen molar-refractivity contribution in [1.29, 1.82) is 0 Å². The Morgan fingerprint density at radius 2 is 2.08 bits per heavy atom. The molecule has 5 nitrogen and oxygen atoms in total. The second kappa shape index (κ2) is 3.99. The minimum atomic E-state index is -3.43. The van der Waals surface area contributed by atoms with Gasteiger partial charge in [0.1, 0.15) is 0 Å². The van der Waals surface area contributed by atoms with Crippen molar-refractivity contribution in [1.82, 2.24) is 10.2 Å². The van der Waals surface area contributed by atoms with Crippen LogP contribution in [0.5, 0.6) is 0 Å². The average Bonchev–Trinajstić information content (AvgIpc) is 2.02. The van der Waals surface area contributed by atoms with Crippen LogP contribution in [0.2, 0.25) is 5.15 Å². The second-order valence-corrected chi connectivity index (χ2v) is 4.59. The third-order valence-electron chi connectivity index (χ3n) is 1.33. The van der Waals surface area contributed by atoms with Gasteiger partial charge in [-0.15, -0.1) is 5.10 Å². The zero-order valence-electron chi connectivity index (χ0n) is 6.64. The van der Waals surface area contributed by atoms with E-state index in [2.05, 4.69) is 10.2 Å². The predicted molar refractivity (Wildman–Crippen MR) is 48.7 cm³/mol. The lowest BCUT2D eigenvalue weighted by Gasteiger charge is -1.97. The Hall–Kier alpha value is -0.720. The minimum absolute atomic E-state index is 0.136. The highest BCUT2D eigenvalue weighted by Crippen LogP contribution is 2.02. The topological polar surface area (TPSA) is 85.9 Å². The van der Waals surface area contributed by atoms with Crippen LogP contribution in [-0.2, 0) is 16.4 Å². The Balaban J connectivity index is 2.61. The van der Waals surface area contributed by atoms with Crippen LogP contribution in [0.25, 0.3) is 0 Å². The van der Waals surface area contributed by atoms with Crippen molar-refractivity contribution in [3.63, 3.8) is 0 Å². The van der Waals surface area contributed by atoms with Crippen molar-refractivity contribution in [2.24, 2.45) is 5.14 Å². The molecule has 0 saturated heterocycles. The van der Waals surface area contributed by atoms with Gasteiger partial charge in [0, 0.05) is 6.42 Å². The quantitative estimate of drug-likeness (QED) is 0.776. The molecule has 0 amide bonds. The number of nitrogens with zero attached hydrogens (tertiary/aromatic N) is 2. The molecule has 0 aliphatic heterocycles. The molecular weight excluding hydrogens is 214 g/mol. The Bertz CT molecular complexity index is 375. The molecule has 0 aliphatic rings. The van der Waals surface area contributed by atoms with Gasteiger partial charge in [-0.25, -0.2) is 13.6 Å². The van der Waals surface area contributed by atoms with Crippen LogP contribution >= 0.6 is 11.6 Å². The molecular formula is C6H8ClN3O2S. The highest BCUT2D eigenvalue weighted by atomic mass is 35.5. The third-order valence-corrected chi connectivity index (χ3v) is 2.30. The van der Waals surface area contributed by atoms with Gasteiger partial charge in [-0.2, -0.15) is 5.10 Å². The van der Waals surface area contributed by atoms with E-state index in [0.717, 1.165) is 0 Å². The van der Waals surface area contributed by atoms with E-state index < -0.39 is 10.0 Å². The molecule has 0 atom stereocenters. The summed E-state index contributed by atoms with van der Waals surface area (Å²) < 4.78 is 21.2. The smallest absolute Gasteiger partial charge is 0.209 e. The van der Waals surface area contributed by atoms with Gasteiger partial charge in [0.05, 0.1) is 11.4 Å². The summed E-state index contributed by atoms with van der Waals surface area (Å²) in [4.78, 5) is 0. The number of aromatic nitrogens is 2. The molecule has 0 bridgehead atoms. The Labute approximate surface area is 81.0 Å². The standard InChI is InChI=1S/C6H8ClN3O2S/c7-6-2-1-5(9-10-6)3-4-13(8,11)12/h1-2H,3-4H2,(H2,8,11,12). The maximum Gasteiger partial charge on any atom is 0.209 e. The van der Waals surface area contributed by atoms with Crippen LogP contribution in [0.15, 0.2) is 12.1 Å². The maximum atomic E-state index is 10.6. The SMILES string of the molecule is NS(=O)(=O)CCc1ccc(Cl)nn1. The molecule has 1 aromatic heterocycles. The van der Waals surface area contributed by atoms with E-state index in [1.807, 2.05) is 0 Å². The van der Waals surface area contributed by atoms with Gasteiger partial charge >= 0.3 is 0 Å². The summed E-state index contributed by atoms with van der Waals surface area (Å²) in [6.45, 7) is 0. The molecule has 0 fully saturated rings. The summed E-state index contributed by atoms with van der Waals surface area (Å²) >= 11 is 5.49. The molecule has 0 aromatic carbocycles. The van der Waals surface area contributed by atoms with Crippen molar-refractivity contribution in [2.75, 3.05) is 5.75 Å². The molecule has 0 saturated carbocycles. The number of hydrogen-bond donors (Lipinski definition) is 1. The normalized spacial score (nSPS) is 11.5. The summed E-state index contributed by atoms with van der Waals surface area (Å²) in [6.07, 6.45) is 0.253. The van der Waals surface area contributed by atoms with Gasteiger partial charge in [-0.1, -0.05) is 11.6 Å². The van der Waals surface area contributed by atoms with Crippen LogP contribution in [-0.4, -0.2) is 24.4 Å². The Morgan fingerprint density at radius 1 is 1.38 bits per heavy atom. The van der Waals surface area contributed by atoms with E-state index in [4.69, 9.17) is 16.7 Å². The molecule has 1 rings (SSSR count). The van der Waals surface area contributed by atoms with Crippen LogP contribution < -0.4 is 5.14 Å². The van der Waals surface area contributed by atoms with Crippen molar-refractivity contribution in [3.8, 4) is 0 Å². The van der Waals surface area contributed by atoms with Crippen molar-refractivity contribution < 1.29 is 8.42 Å². The first-order valence-corrected chi connectivity index (χ1v) is 5.55. The van der Waals surface area contributed by atoms with Gasteiger partial charge in [0.25, 0.3) is 0 Å². The van der Waals surface area contributed by atoms with E-state index in [-0.39, 0.29) is 17.3 Å². The van der Waals surface area contributed by atoms with Gasteiger partial charge in [0.2, 0.25) is 10.0 Å². The lowest BCUT2D eigenvalue weighted by atomic mass is 10.3. The number of nitrogens with two attached hydrogens (primary N) is 1. The highest BCUT2D eigenvalue weighted by molar-refractivity contribution is 7.89. The second-order valence-electron chi connectivity index (χ2n) is 2.46. The average molecular weight is 222 g/mol. The first kappa shape index (κ1) is 10.4. The fraction of sp³-hybridized carbons (Fsp3) is 0.333. The van der Waals surface area contributed by atoms with Crippen LogP contribution in [0.3, 0.4) is 0 Å². The fourth-order valence-electron chi connectivity index (χ4n) is 0.724. The van der Waals surface area contributed by atoms with Gasteiger partial charge < -0.3 is 0 Å². The molecule has 72 valence electrons. The predicted octanol–water partition coefficient (Wildman–Crippen LogP) is -0.0390. The molecule has 0 radical (unpaired) electrons. The number of hydrogen-bond acceptors (Lipinski definition) is 4. The molecule has 1 aromatic rings. The summed E-state index contributed by atoms with van der Waals surface area (Å²) in [7, 11) is -3.43. The van der Waals surface area contributed by atoms with Crippen LogP contribution in [0.4, 0.5) is 0 Å². The van der Waals surface area contributed by atoms with E-state index in [1.54, 1.807) is 12.1 Å². The number of halogens is 1. The first-order valence-electron chi connectivity index (χ1n) is 3.46. The first-order chi connectivity index (χ1) is 5.97. The number of rotatable bonds is 3. The lowest BCUT2D eigenvalue weighted by Crippen LogP contribution is -2.18. The minimum Gasteiger partial charge on any atom is -0.229 e. The van der Waals surface area contributed by atoms with Gasteiger partial charge in [0.15, 0.2) is 5.15 Å². The Kier molecular flexibility index (Phi) is 3.18. The summed E-state index contributed by atoms with van der Waals surface area (Å²) in [6, 6.07) is 3.16. The van der Waals surface area contributed by atoms with E-state index >= 15 is 0 Å². The molecule has 1 heterocycles. The van der Waals surface area contributed by atoms with Gasteiger partial charge in [-0.3, -0.25) is 0 Å². The van der Waals surface area contributed by atoms with Crippen LogP contribution in [0, 0.1) is 0 Å². The summed E-state index contributed by atoms with van der Waals surface area (Å²) in [5.41, 5.74) is 0.554. The van der Waals surface area contributed by atoms with E-state index in [9.17, 15) is 8.42 Å². The highest BCUT2D eigenvalue weighted by Gasteiger charge is 2.04. The number of aryl methyl sites for hydroxylation is 1.